The quantitative estimate of drug-likeness (QED) is 0.575. The lowest BCUT2D eigenvalue weighted by Gasteiger charge is -2.07. The molecular weight excluding hydrogens is 296 g/mol. The van der Waals surface area contributed by atoms with Crippen molar-refractivity contribution in [1.82, 2.24) is 10.6 Å². The molecule has 0 heterocycles. The van der Waals surface area contributed by atoms with Gasteiger partial charge in [0.2, 0.25) is 5.91 Å². The lowest BCUT2D eigenvalue weighted by atomic mass is 10.1. The van der Waals surface area contributed by atoms with E-state index in [1.165, 1.54) is 0 Å². The van der Waals surface area contributed by atoms with Crippen molar-refractivity contribution in [3.05, 3.63) is 35.4 Å². The first-order chi connectivity index (χ1) is 11.0. The third-order valence-electron chi connectivity index (χ3n) is 3.38. The van der Waals surface area contributed by atoms with Gasteiger partial charge in [-0.15, -0.1) is 0 Å². The molecule has 0 bridgehead atoms. The molecule has 0 fully saturated rings. The largest absolute Gasteiger partial charge is 0.481 e. The maximum Gasteiger partial charge on any atom is 0.303 e. The van der Waals surface area contributed by atoms with Crippen molar-refractivity contribution in [2.24, 2.45) is 0 Å². The summed E-state index contributed by atoms with van der Waals surface area (Å²) in [5.41, 5.74) is 1.51. The zero-order valence-electron chi connectivity index (χ0n) is 13.4. The predicted octanol–water partition coefficient (Wildman–Crippen LogP) is 2.09. The minimum Gasteiger partial charge on any atom is -0.481 e. The molecule has 0 saturated heterocycles. The second-order valence-corrected chi connectivity index (χ2v) is 5.29. The van der Waals surface area contributed by atoms with Gasteiger partial charge >= 0.3 is 5.97 Å². The molecule has 0 unspecified atom stereocenters. The molecule has 1 rings (SSSR count). The second-order valence-electron chi connectivity index (χ2n) is 5.29. The Morgan fingerprint density at radius 2 is 1.70 bits per heavy atom. The molecule has 0 atom stereocenters. The molecule has 3 N–H and O–H groups in total. The number of hydrogen-bond acceptors (Lipinski definition) is 3. The van der Waals surface area contributed by atoms with Crippen molar-refractivity contribution in [2.45, 2.75) is 45.6 Å². The summed E-state index contributed by atoms with van der Waals surface area (Å²) < 4.78 is 0. The zero-order valence-corrected chi connectivity index (χ0v) is 13.4. The fourth-order valence-corrected chi connectivity index (χ4v) is 1.98. The van der Waals surface area contributed by atoms with Gasteiger partial charge < -0.3 is 15.7 Å². The summed E-state index contributed by atoms with van der Waals surface area (Å²) in [6.07, 6.45) is 2.79. The number of rotatable bonds is 10. The number of aliphatic carboxylic acids is 1. The van der Waals surface area contributed by atoms with Crippen LogP contribution in [-0.2, 0) is 16.1 Å². The van der Waals surface area contributed by atoms with Crippen LogP contribution in [0.2, 0.25) is 0 Å². The Bertz CT molecular complexity index is 526. The van der Waals surface area contributed by atoms with E-state index in [4.69, 9.17) is 5.11 Å². The summed E-state index contributed by atoms with van der Waals surface area (Å²) in [4.78, 5) is 33.5. The fourth-order valence-electron chi connectivity index (χ4n) is 1.98. The lowest BCUT2D eigenvalue weighted by molar-refractivity contribution is -0.137. The molecular formula is C17H24N2O4. The van der Waals surface area contributed by atoms with Gasteiger partial charge in [0, 0.05) is 31.5 Å². The Balaban J connectivity index is 2.28. The Morgan fingerprint density at radius 1 is 1.00 bits per heavy atom. The van der Waals surface area contributed by atoms with Crippen LogP contribution in [0.1, 0.15) is 54.9 Å². The fraction of sp³-hybridized carbons (Fsp3) is 0.471. The van der Waals surface area contributed by atoms with Crippen LogP contribution in [0.4, 0.5) is 0 Å². The molecule has 1 aromatic rings. The number of carbonyl (C=O) groups excluding carboxylic acids is 2. The number of unbranched alkanes of at least 4 members (excludes halogenated alkanes) is 2. The monoisotopic (exact) mass is 320 g/mol. The van der Waals surface area contributed by atoms with Crippen LogP contribution in [0.3, 0.4) is 0 Å². The van der Waals surface area contributed by atoms with Crippen LogP contribution in [0, 0.1) is 0 Å². The van der Waals surface area contributed by atoms with Crippen molar-refractivity contribution < 1.29 is 19.5 Å². The van der Waals surface area contributed by atoms with Gasteiger partial charge in [-0.2, -0.15) is 0 Å². The van der Waals surface area contributed by atoms with E-state index < -0.39 is 5.97 Å². The van der Waals surface area contributed by atoms with E-state index >= 15 is 0 Å². The maximum atomic E-state index is 11.9. The Kier molecular flexibility index (Phi) is 8.42. The molecule has 6 heteroatoms. The first-order valence-electron chi connectivity index (χ1n) is 7.88. The molecule has 126 valence electrons. The summed E-state index contributed by atoms with van der Waals surface area (Å²) in [7, 11) is 0. The van der Waals surface area contributed by atoms with Gasteiger partial charge in [0.15, 0.2) is 0 Å². The summed E-state index contributed by atoms with van der Waals surface area (Å²) >= 11 is 0. The molecule has 2 amide bonds. The molecule has 0 aliphatic heterocycles. The van der Waals surface area contributed by atoms with E-state index in [9.17, 15) is 14.4 Å². The van der Waals surface area contributed by atoms with Crippen molar-refractivity contribution in [1.29, 1.82) is 0 Å². The number of benzene rings is 1. The van der Waals surface area contributed by atoms with Gasteiger partial charge in [-0.05, 0) is 30.5 Å². The smallest absolute Gasteiger partial charge is 0.303 e. The number of carboxylic acid groups (broad SMARTS) is 1. The number of carbonyl (C=O) groups is 3. The van der Waals surface area contributed by atoms with Gasteiger partial charge in [0.25, 0.3) is 5.91 Å². The third kappa shape index (κ3) is 7.99. The first-order valence-corrected chi connectivity index (χ1v) is 7.88. The average Bonchev–Trinajstić information content (AvgIpc) is 2.55. The summed E-state index contributed by atoms with van der Waals surface area (Å²) in [6, 6.07) is 7.09. The highest BCUT2D eigenvalue weighted by atomic mass is 16.4. The van der Waals surface area contributed by atoms with Crippen molar-refractivity contribution in [2.75, 3.05) is 6.54 Å². The SMILES string of the molecule is CCC(=O)NCc1ccc(C(=O)NCCCCCC(=O)O)cc1. The van der Waals surface area contributed by atoms with E-state index in [0.29, 0.717) is 31.5 Å². The number of hydrogen-bond donors (Lipinski definition) is 3. The van der Waals surface area contributed by atoms with Crippen LogP contribution < -0.4 is 10.6 Å². The molecule has 0 aliphatic carbocycles. The van der Waals surface area contributed by atoms with Crippen LogP contribution >= 0.6 is 0 Å². The van der Waals surface area contributed by atoms with E-state index in [-0.39, 0.29) is 18.2 Å². The minimum absolute atomic E-state index is 0.00489. The van der Waals surface area contributed by atoms with Gasteiger partial charge in [-0.3, -0.25) is 14.4 Å². The highest BCUT2D eigenvalue weighted by molar-refractivity contribution is 5.94. The molecule has 1 aromatic carbocycles. The molecule has 0 aromatic heterocycles. The van der Waals surface area contributed by atoms with Crippen molar-refractivity contribution >= 4 is 17.8 Å². The Morgan fingerprint density at radius 3 is 2.30 bits per heavy atom. The van der Waals surface area contributed by atoms with Crippen LogP contribution in [0.5, 0.6) is 0 Å². The molecule has 0 radical (unpaired) electrons. The summed E-state index contributed by atoms with van der Waals surface area (Å²) in [6.45, 7) is 2.79. The third-order valence-corrected chi connectivity index (χ3v) is 3.38. The Labute approximate surface area is 136 Å². The Hall–Kier alpha value is -2.37. The van der Waals surface area contributed by atoms with E-state index in [2.05, 4.69) is 10.6 Å². The van der Waals surface area contributed by atoms with Gasteiger partial charge in [-0.25, -0.2) is 0 Å². The predicted molar refractivity (Wildman–Crippen MR) is 87.0 cm³/mol. The maximum absolute atomic E-state index is 11.9. The number of amides is 2. The van der Waals surface area contributed by atoms with Crippen molar-refractivity contribution in [3.63, 3.8) is 0 Å². The highest BCUT2D eigenvalue weighted by Gasteiger charge is 2.05. The van der Waals surface area contributed by atoms with Crippen LogP contribution in [0.15, 0.2) is 24.3 Å². The zero-order chi connectivity index (χ0) is 17.1. The van der Waals surface area contributed by atoms with Gasteiger partial charge in [-0.1, -0.05) is 25.5 Å². The van der Waals surface area contributed by atoms with Crippen molar-refractivity contribution in [3.8, 4) is 0 Å². The van der Waals surface area contributed by atoms with Crippen LogP contribution in [-0.4, -0.2) is 29.4 Å². The molecule has 0 saturated carbocycles. The molecule has 6 nitrogen and oxygen atoms in total. The van der Waals surface area contributed by atoms with Gasteiger partial charge in [0.05, 0.1) is 0 Å². The molecule has 23 heavy (non-hydrogen) atoms. The average molecular weight is 320 g/mol. The normalized spacial score (nSPS) is 10.1. The van der Waals surface area contributed by atoms with Crippen LogP contribution in [0.25, 0.3) is 0 Å². The molecule has 0 aliphatic rings. The van der Waals surface area contributed by atoms with E-state index in [1.807, 2.05) is 12.1 Å². The minimum atomic E-state index is -0.788. The summed E-state index contributed by atoms with van der Waals surface area (Å²) in [5, 5.41) is 14.1. The second kappa shape index (κ2) is 10.4. The lowest BCUT2D eigenvalue weighted by Crippen LogP contribution is -2.24. The highest BCUT2D eigenvalue weighted by Crippen LogP contribution is 2.05. The van der Waals surface area contributed by atoms with Gasteiger partial charge in [0.1, 0.15) is 0 Å². The number of carboxylic acids is 1. The first kappa shape index (κ1) is 18.7. The van der Waals surface area contributed by atoms with E-state index in [1.54, 1.807) is 19.1 Å². The summed E-state index contributed by atoms with van der Waals surface area (Å²) in [5.74, 6) is -0.939. The standard InChI is InChI=1S/C17H24N2O4/c1-2-15(20)19-12-13-7-9-14(10-8-13)17(23)18-11-5-3-4-6-16(21)22/h7-10H,2-6,11-12H2,1H3,(H,18,23)(H,19,20)(H,21,22). The topological polar surface area (TPSA) is 95.5 Å². The number of nitrogens with one attached hydrogen (secondary N) is 2. The van der Waals surface area contributed by atoms with E-state index in [0.717, 1.165) is 18.4 Å². The molecule has 0 spiro atoms.